The second-order valence-corrected chi connectivity index (χ2v) is 9.96. The minimum atomic E-state index is -3.78. The molecule has 0 bridgehead atoms. The lowest BCUT2D eigenvalue weighted by molar-refractivity contribution is 0.0831. The Morgan fingerprint density at radius 3 is 2.77 bits per heavy atom. The van der Waals surface area contributed by atoms with Crippen LogP contribution in [0.1, 0.15) is 53.1 Å². The lowest BCUT2D eigenvalue weighted by atomic mass is 10.0. The van der Waals surface area contributed by atoms with Crippen molar-refractivity contribution in [2.45, 2.75) is 44.2 Å². The highest BCUT2D eigenvalue weighted by Gasteiger charge is 2.31. The van der Waals surface area contributed by atoms with Gasteiger partial charge in [-0.25, -0.2) is 17.5 Å². The Balaban J connectivity index is 1.50. The number of piperidine rings is 1. The van der Waals surface area contributed by atoms with Crippen LogP contribution in [0.15, 0.2) is 30.6 Å². The molecule has 1 atom stereocenters. The van der Waals surface area contributed by atoms with Crippen LogP contribution in [0, 0.1) is 5.82 Å². The van der Waals surface area contributed by atoms with Crippen molar-refractivity contribution < 1.29 is 22.3 Å². The normalized spacial score (nSPS) is 19.7. The van der Waals surface area contributed by atoms with Crippen LogP contribution in [-0.2, 0) is 16.6 Å². The standard InChI is InChI=1S/C21H25FN4O4S/c1-31(28,29)25-21(27)18-9-17(15-4-5-15)20(10-19(18)22)30-16-3-2-8-26(13-16)12-14-6-7-23-24-11-14/h6-7,9-11,15-16H,2-5,8,12-13H2,1H3,(H,25,27)/t16-/m1/s1. The van der Waals surface area contributed by atoms with Crippen LogP contribution in [-0.4, -0.2) is 54.9 Å². The van der Waals surface area contributed by atoms with Crippen LogP contribution in [0.25, 0.3) is 0 Å². The highest BCUT2D eigenvalue weighted by atomic mass is 32.2. The maximum atomic E-state index is 14.7. The Morgan fingerprint density at radius 1 is 1.29 bits per heavy atom. The van der Waals surface area contributed by atoms with Crippen LogP contribution in [0.3, 0.4) is 0 Å². The van der Waals surface area contributed by atoms with Crippen molar-refractivity contribution in [3.63, 3.8) is 0 Å². The number of likely N-dealkylation sites (tertiary alicyclic amines) is 1. The minimum absolute atomic E-state index is 0.101. The number of aromatic nitrogens is 2. The third-order valence-corrected chi connectivity index (χ3v) is 6.00. The van der Waals surface area contributed by atoms with Gasteiger partial charge >= 0.3 is 0 Å². The molecule has 0 spiro atoms. The van der Waals surface area contributed by atoms with Crippen molar-refractivity contribution in [1.82, 2.24) is 19.8 Å². The predicted molar refractivity (Wildman–Crippen MR) is 112 cm³/mol. The fourth-order valence-corrected chi connectivity index (χ4v) is 4.33. The highest BCUT2D eigenvalue weighted by Crippen LogP contribution is 2.45. The first-order chi connectivity index (χ1) is 14.8. The number of nitrogens with one attached hydrogen (secondary N) is 1. The zero-order chi connectivity index (χ0) is 22.0. The summed E-state index contributed by atoms with van der Waals surface area (Å²) in [5.41, 5.74) is 1.55. The number of amides is 1. The summed E-state index contributed by atoms with van der Waals surface area (Å²) < 4.78 is 45.5. The van der Waals surface area contributed by atoms with Gasteiger partial charge in [0.15, 0.2) is 0 Å². The smallest absolute Gasteiger partial charge is 0.267 e. The molecule has 1 amide bonds. The molecule has 4 rings (SSSR count). The van der Waals surface area contributed by atoms with Gasteiger partial charge in [0.25, 0.3) is 5.91 Å². The molecule has 1 aliphatic heterocycles. The van der Waals surface area contributed by atoms with Gasteiger partial charge in [0.1, 0.15) is 17.7 Å². The van der Waals surface area contributed by atoms with Gasteiger partial charge in [0.05, 0.1) is 18.0 Å². The number of benzene rings is 1. The number of halogens is 1. The molecule has 8 nitrogen and oxygen atoms in total. The van der Waals surface area contributed by atoms with E-state index in [-0.39, 0.29) is 17.6 Å². The van der Waals surface area contributed by atoms with Crippen LogP contribution in [0.5, 0.6) is 5.75 Å². The highest BCUT2D eigenvalue weighted by molar-refractivity contribution is 7.89. The number of hydrogen-bond acceptors (Lipinski definition) is 7. The summed E-state index contributed by atoms with van der Waals surface area (Å²) >= 11 is 0. The summed E-state index contributed by atoms with van der Waals surface area (Å²) in [5.74, 6) is -1.13. The van der Waals surface area contributed by atoms with E-state index < -0.39 is 21.7 Å². The zero-order valence-electron chi connectivity index (χ0n) is 17.3. The molecule has 2 aliphatic rings. The molecule has 2 aromatic rings. The molecule has 1 N–H and O–H groups in total. The number of hydrogen-bond donors (Lipinski definition) is 1. The van der Waals surface area contributed by atoms with E-state index in [9.17, 15) is 17.6 Å². The van der Waals surface area contributed by atoms with Gasteiger partial charge < -0.3 is 4.74 Å². The predicted octanol–water partition coefficient (Wildman–Crippen LogP) is 2.23. The topological polar surface area (TPSA) is 101 Å². The molecule has 1 aliphatic carbocycles. The second-order valence-electron chi connectivity index (χ2n) is 8.22. The summed E-state index contributed by atoms with van der Waals surface area (Å²) in [5, 5.41) is 7.71. The molecule has 1 saturated carbocycles. The maximum absolute atomic E-state index is 14.7. The molecule has 1 saturated heterocycles. The zero-order valence-corrected chi connectivity index (χ0v) is 18.1. The molecule has 2 heterocycles. The van der Waals surface area contributed by atoms with Crippen molar-refractivity contribution in [2.24, 2.45) is 0 Å². The van der Waals surface area contributed by atoms with Crippen LogP contribution in [0.4, 0.5) is 4.39 Å². The third-order valence-electron chi connectivity index (χ3n) is 5.45. The van der Waals surface area contributed by atoms with Gasteiger partial charge in [-0.05, 0) is 61.4 Å². The lowest BCUT2D eigenvalue weighted by Crippen LogP contribution is -2.40. The Bertz CT molecular complexity index is 1060. The Kier molecular flexibility index (Phi) is 6.19. The quantitative estimate of drug-likeness (QED) is 0.693. The van der Waals surface area contributed by atoms with Crippen LogP contribution in [0.2, 0.25) is 0 Å². The van der Waals surface area contributed by atoms with E-state index >= 15 is 0 Å². The van der Waals surface area contributed by atoms with Crippen molar-refractivity contribution in [3.8, 4) is 5.75 Å². The number of nitrogens with zero attached hydrogens (tertiary/aromatic N) is 3. The molecule has 1 aromatic heterocycles. The summed E-state index contributed by atoms with van der Waals surface area (Å²) in [6.45, 7) is 2.38. The molecule has 0 radical (unpaired) electrons. The molecule has 0 unspecified atom stereocenters. The first kappa shape index (κ1) is 21.6. The number of carbonyl (C=O) groups is 1. The SMILES string of the molecule is CS(=O)(=O)NC(=O)c1cc(C2CC2)c(O[C@@H]2CCCN(Cc3ccnnc3)C2)cc1F. The van der Waals surface area contributed by atoms with E-state index in [1.54, 1.807) is 12.4 Å². The first-order valence-corrected chi connectivity index (χ1v) is 12.2. The van der Waals surface area contributed by atoms with E-state index in [0.717, 1.165) is 56.2 Å². The Hall–Kier alpha value is -2.59. The van der Waals surface area contributed by atoms with Gasteiger partial charge in [-0.1, -0.05) is 0 Å². The monoisotopic (exact) mass is 448 g/mol. The van der Waals surface area contributed by atoms with Gasteiger partial charge in [-0.3, -0.25) is 9.69 Å². The van der Waals surface area contributed by atoms with Gasteiger partial charge in [-0.15, -0.1) is 0 Å². The fraction of sp³-hybridized carbons (Fsp3) is 0.476. The van der Waals surface area contributed by atoms with Crippen LogP contribution < -0.4 is 9.46 Å². The number of rotatable bonds is 7. The molecular formula is C21H25FN4O4S. The summed E-state index contributed by atoms with van der Waals surface area (Å²) in [6, 6.07) is 4.58. The van der Waals surface area contributed by atoms with E-state index in [1.165, 1.54) is 12.1 Å². The van der Waals surface area contributed by atoms with Crippen molar-refractivity contribution in [3.05, 3.63) is 53.1 Å². The van der Waals surface area contributed by atoms with Crippen molar-refractivity contribution in [1.29, 1.82) is 0 Å². The molecule has 10 heteroatoms. The van der Waals surface area contributed by atoms with Crippen LogP contribution >= 0.6 is 0 Å². The average Bonchev–Trinajstić information content (AvgIpc) is 3.53. The van der Waals surface area contributed by atoms with Crippen molar-refractivity contribution >= 4 is 15.9 Å². The maximum Gasteiger partial charge on any atom is 0.267 e. The van der Waals surface area contributed by atoms with E-state index in [4.69, 9.17) is 4.74 Å². The van der Waals surface area contributed by atoms with Gasteiger partial charge in [0, 0.05) is 25.4 Å². The van der Waals surface area contributed by atoms with E-state index in [2.05, 4.69) is 15.1 Å². The average molecular weight is 449 g/mol. The lowest BCUT2D eigenvalue weighted by Gasteiger charge is -2.33. The first-order valence-electron chi connectivity index (χ1n) is 10.3. The molecule has 2 fully saturated rings. The third kappa shape index (κ3) is 5.76. The van der Waals surface area contributed by atoms with Crippen molar-refractivity contribution in [2.75, 3.05) is 19.3 Å². The minimum Gasteiger partial charge on any atom is -0.489 e. The second kappa shape index (κ2) is 8.88. The number of sulfonamides is 1. The Morgan fingerprint density at radius 2 is 2.10 bits per heavy atom. The summed E-state index contributed by atoms with van der Waals surface area (Å²) in [6.07, 6.45) is 7.84. The largest absolute Gasteiger partial charge is 0.489 e. The van der Waals surface area contributed by atoms with Gasteiger partial charge in [0.2, 0.25) is 10.0 Å². The number of ether oxygens (including phenoxy) is 1. The summed E-state index contributed by atoms with van der Waals surface area (Å²) in [4.78, 5) is 14.5. The molecule has 31 heavy (non-hydrogen) atoms. The molecular weight excluding hydrogens is 423 g/mol. The summed E-state index contributed by atoms with van der Waals surface area (Å²) in [7, 11) is -3.78. The van der Waals surface area contributed by atoms with E-state index in [1.807, 2.05) is 10.8 Å². The molecule has 1 aromatic carbocycles. The van der Waals surface area contributed by atoms with Gasteiger partial charge in [-0.2, -0.15) is 10.2 Å². The Labute approximate surface area is 180 Å². The van der Waals surface area contributed by atoms with E-state index in [0.29, 0.717) is 12.3 Å². The fourth-order valence-electron chi connectivity index (χ4n) is 3.89. The molecule has 166 valence electrons. The number of carbonyl (C=O) groups excluding carboxylic acids is 1.